The first kappa shape index (κ1) is 14.0. The maximum atomic E-state index is 9.97. The zero-order valence-electron chi connectivity index (χ0n) is 11.5. The van der Waals surface area contributed by atoms with Crippen LogP contribution in [-0.4, -0.2) is 11.2 Å². The first-order valence-electron chi connectivity index (χ1n) is 6.35. The molecule has 0 saturated heterocycles. The molecule has 1 aliphatic rings. The fourth-order valence-electron chi connectivity index (χ4n) is 1.77. The van der Waals surface area contributed by atoms with Gasteiger partial charge in [0.15, 0.2) is 0 Å². The molecule has 0 aromatic heterocycles. The van der Waals surface area contributed by atoms with Crippen molar-refractivity contribution in [2.75, 3.05) is 0 Å². The molecule has 0 radical (unpaired) electrons. The van der Waals surface area contributed by atoms with E-state index in [1.807, 2.05) is 13.0 Å². The lowest BCUT2D eigenvalue weighted by Gasteiger charge is -2.18. The van der Waals surface area contributed by atoms with Crippen LogP contribution in [-0.2, 0) is 0 Å². The minimum absolute atomic E-state index is 0.0771. The molecule has 17 heavy (non-hydrogen) atoms. The summed E-state index contributed by atoms with van der Waals surface area (Å²) in [6.07, 6.45) is 10.7. The lowest BCUT2D eigenvalue weighted by Crippen LogP contribution is -2.10. The molecule has 0 saturated carbocycles. The van der Waals surface area contributed by atoms with Crippen molar-refractivity contribution in [1.82, 2.24) is 0 Å². The van der Waals surface area contributed by atoms with Crippen molar-refractivity contribution in [3.05, 3.63) is 41.2 Å². The molecule has 1 unspecified atom stereocenters. The first-order valence-corrected chi connectivity index (χ1v) is 6.35. The molecular formula is C16H24O. The van der Waals surface area contributed by atoms with Gasteiger partial charge in [-0.3, -0.25) is 0 Å². The highest BCUT2D eigenvalue weighted by atomic mass is 16.3. The molecule has 94 valence electrons. The minimum Gasteiger partial charge on any atom is -0.385 e. The molecule has 1 atom stereocenters. The van der Waals surface area contributed by atoms with E-state index in [9.17, 15) is 5.11 Å². The van der Waals surface area contributed by atoms with E-state index in [2.05, 4.69) is 44.7 Å². The van der Waals surface area contributed by atoms with Crippen molar-refractivity contribution in [2.24, 2.45) is 5.41 Å². The van der Waals surface area contributed by atoms with Gasteiger partial charge >= 0.3 is 0 Å². The van der Waals surface area contributed by atoms with E-state index in [-0.39, 0.29) is 5.41 Å². The number of rotatable bonds is 0. The van der Waals surface area contributed by atoms with Crippen LogP contribution < -0.4 is 0 Å². The monoisotopic (exact) mass is 232 g/mol. The van der Waals surface area contributed by atoms with E-state index < -0.39 is 6.10 Å². The highest BCUT2D eigenvalue weighted by Gasteiger charge is 2.13. The number of hydrogen-bond acceptors (Lipinski definition) is 1. The van der Waals surface area contributed by atoms with Crippen molar-refractivity contribution >= 4 is 0 Å². The third-order valence-corrected chi connectivity index (χ3v) is 3.16. The predicted molar refractivity (Wildman–Crippen MR) is 73.8 cm³/mol. The topological polar surface area (TPSA) is 20.2 Å². The van der Waals surface area contributed by atoms with Crippen LogP contribution in [0.5, 0.6) is 0 Å². The average molecular weight is 232 g/mol. The summed E-state index contributed by atoms with van der Waals surface area (Å²) in [4.78, 5) is 0. The summed E-state index contributed by atoms with van der Waals surface area (Å²) in [6.45, 7) is 8.45. The van der Waals surface area contributed by atoms with Crippen molar-refractivity contribution in [2.45, 2.75) is 53.1 Å². The Morgan fingerprint density at radius 2 is 2.06 bits per heavy atom. The highest BCUT2D eigenvalue weighted by molar-refractivity contribution is 5.16. The van der Waals surface area contributed by atoms with Crippen molar-refractivity contribution in [1.29, 1.82) is 0 Å². The molecule has 0 spiro atoms. The van der Waals surface area contributed by atoms with Crippen molar-refractivity contribution in [3.63, 3.8) is 0 Å². The number of aliphatic hydroxyl groups is 1. The Balaban J connectivity index is 2.96. The van der Waals surface area contributed by atoms with Crippen molar-refractivity contribution < 1.29 is 5.11 Å². The Labute approximate surface area is 105 Å². The lowest BCUT2D eigenvalue weighted by molar-refractivity contribution is 0.256. The van der Waals surface area contributed by atoms with E-state index in [1.165, 1.54) is 5.57 Å². The fourth-order valence-corrected chi connectivity index (χ4v) is 1.77. The van der Waals surface area contributed by atoms with Gasteiger partial charge in [-0.1, -0.05) is 32.1 Å². The van der Waals surface area contributed by atoms with Crippen LogP contribution in [0.15, 0.2) is 41.2 Å². The fraction of sp³-hybridized carbons (Fsp3) is 0.562. The van der Waals surface area contributed by atoms with E-state index in [4.69, 9.17) is 0 Å². The zero-order chi connectivity index (χ0) is 12.9. The van der Waals surface area contributed by atoms with Gasteiger partial charge < -0.3 is 5.11 Å². The summed E-state index contributed by atoms with van der Waals surface area (Å²) in [6, 6.07) is 0. The zero-order valence-corrected chi connectivity index (χ0v) is 11.5. The van der Waals surface area contributed by atoms with Gasteiger partial charge in [0.05, 0.1) is 6.10 Å². The first-order chi connectivity index (χ1) is 7.91. The van der Waals surface area contributed by atoms with Gasteiger partial charge in [0.2, 0.25) is 0 Å². The molecule has 0 aromatic rings. The van der Waals surface area contributed by atoms with E-state index in [1.54, 1.807) is 0 Å². The van der Waals surface area contributed by atoms with Crippen molar-refractivity contribution in [3.8, 4) is 0 Å². The maximum absolute atomic E-state index is 9.97. The van der Waals surface area contributed by atoms with E-state index >= 15 is 0 Å². The largest absolute Gasteiger partial charge is 0.385 e. The van der Waals surface area contributed by atoms with Crippen LogP contribution in [0.1, 0.15) is 47.0 Å². The second-order valence-corrected chi connectivity index (χ2v) is 5.61. The van der Waals surface area contributed by atoms with Gasteiger partial charge in [0.25, 0.3) is 0 Å². The van der Waals surface area contributed by atoms with E-state index in [0.29, 0.717) is 0 Å². The molecule has 1 N–H and O–H groups in total. The summed E-state index contributed by atoms with van der Waals surface area (Å²) in [5.74, 6) is 0. The van der Waals surface area contributed by atoms with Gasteiger partial charge in [-0.15, -0.1) is 5.73 Å². The third kappa shape index (κ3) is 5.21. The molecule has 0 fully saturated rings. The second kappa shape index (κ2) is 6.05. The number of aliphatic hydroxyl groups excluding tert-OH is 1. The molecule has 0 aromatic carbocycles. The Bertz CT molecular complexity index is 376. The summed E-state index contributed by atoms with van der Waals surface area (Å²) < 4.78 is 0. The van der Waals surface area contributed by atoms with Crippen LogP contribution >= 0.6 is 0 Å². The standard InChI is InChI=1S/C16H24O/c1-13-7-5-9-14(2)15(17)10-12-16(3,4)11-6-8-13/h6,9-10,12,15,17H,5,7,11H2,1-4H3/b12-10+,14-9+. The summed E-state index contributed by atoms with van der Waals surface area (Å²) >= 11 is 0. The van der Waals surface area contributed by atoms with Crippen LogP contribution in [0.2, 0.25) is 0 Å². The average Bonchev–Trinajstić information content (AvgIpc) is 2.24. The lowest BCUT2D eigenvalue weighted by atomic mass is 9.87. The van der Waals surface area contributed by atoms with Gasteiger partial charge in [0.1, 0.15) is 0 Å². The molecule has 1 nitrogen and oxygen atoms in total. The highest BCUT2D eigenvalue weighted by Crippen LogP contribution is 2.24. The summed E-state index contributed by atoms with van der Waals surface area (Å²) in [5, 5.41) is 9.97. The van der Waals surface area contributed by atoms with E-state index in [0.717, 1.165) is 24.8 Å². The summed E-state index contributed by atoms with van der Waals surface area (Å²) in [5.41, 5.74) is 5.74. The Kier molecular flexibility index (Phi) is 4.99. The number of hydrogen-bond donors (Lipinski definition) is 1. The van der Waals surface area contributed by atoms with Crippen LogP contribution in [0, 0.1) is 5.41 Å². The molecule has 1 rings (SSSR count). The Hall–Kier alpha value is -1.04. The third-order valence-electron chi connectivity index (χ3n) is 3.16. The SMILES string of the molecule is CC1=C=CCC(C)(C)/C=C/C(O)/C(C)=C/CC1. The Morgan fingerprint density at radius 1 is 1.35 bits per heavy atom. The van der Waals surface area contributed by atoms with Crippen LogP contribution in [0.3, 0.4) is 0 Å². The summed E-state index contributed by atoms with van der Waals surface area (Å²) in [7, 11) is 0. The smallest absolute Gasteiger partial charge is 0.0929 e. The molecule has 0 aliphatic heterocycles. The quantitative estimate of drug-likeness (QED) is 0.491. The van der Waals surface area contributed by atoms with Gasteiger partial charge in [-0.2, -0.15) is 0 Å². The Morgan fingerprint density at radius 3 is 2.76 bits per heavy atom. The van der Waals surface area contributed by atoms with Gasteiger partial charge in [0, 0.05) is 0 Å². The molecule has 1 heteroatoms. The predicted octanol–water partition coefficient (Wildman–Crippen LogP) is 4.16. The van der Waals surface area contributed by atoms with Crippen LogP contribution in [0.25, 0.3) is 0 Å². The molecule has 0 heterocycles. The van der Waals surface area contributed by atoms with Crippen LogP contribution in [0.4, 0.5) is 0 Å². The molecule has 0 bridgehead atoms. The molecular weight excluding hydrogens is 208 g/mol. The van der Waals surface area contributed by atoms with Gasteiger partial charge in [-0.05, 0) is 55.7 Å². The maximum Gasteiger partial charge on any atom is 0.0929 e. The molecule has 0 amide bonds. The minimum atomic E-state index is -0.443. The normalized spacial score (nSPS) is 30.5. The number of allylic oxidation sites excluding steroid dienone is 3. The second-order valence-electron chi connectivity index (χ2n) is 5.61. The molecule has 1 aliphatic carbocycles. The van der Waals surface area contributed by atoms with Gasteiger partial charge in [-0.25, -0.2) is 0 Å².